The van der Waals surface area contributed by atoms with E-state index in [0.29, 0.717) is 64.3 Å². The summed E-state index contributed by atoms with van der Waals surface area (Å²) in [6.45, 7) is 0.548. The van der Waals surface area contributed by atoms with E-state index in [9.17, 15) is 9.90 Å². The van der Waals surface area contributed by atoms with Crippen LogP contribution in [0.5, 0.6) is 28.7 Å². The van der Waals surface area contributed by atoms with E-state index in [-0.39, 0.29) is 5.95 Å². The number of nitrogens with zero attached hydrogens (tertiary/aromatic N) is 5. The van der Waals surface area contributed by atoms with Gasteiger partial charge in [0.15, 0.2) is 28.8 Å². The molecule has 0 bridgehead atoms. The standard InChI is InChI=1S/C27H30N6O7/c1-36-19-11-16-17(12-20(19)37-2)29-27(31-25(16)33-8-6-7-18(33)26(34)35)30-23-13-32(14-28-23)15-9-21(38-3)24(40-5)22(10-15)39-4/h9-14,18H,6-8H2,1-5H3,(H,34,35)(H,29,30,31)/t18-/m0/s1. The van der Waals surface area contributed by atoms with Crippen LogP contribution in [0.2, 0.25) is 0 Å². The third kappa shape index (κ3) is 4.81. The number of benzene rings is 2. The van der Waals surface area contributed by atoms with Crippen LogP contribution in [0.15, 0.2) is 36.8 Å². The van der Waals surface area contributed by atoms with E-state index < -0.39 is 12.0 Å². The first-order valence-corrected chi connectivity index (χ1v) is 12.4. The van der Waals surface area contributed by atoms with Crippen molar-refractivity contribution in [3.63, 3.8) is 0 Å². The first-order chi connectivity index (χ1) is 19.4. The largest absolute Gasteiger partial charge is 0.493 e. The number of hydrogen-bond donors (Lipinski definition) is 2. The predicted octanol–water partition coefficient (Wildman–Crippen LogP) is 3.66. The number of nitrogens with one attached hydrogen (secondary N) is 1. The molecule has 1 aliphatic rings. The molecule has 5 rings (SSSR count). The third-order valence-corrected chi connectivity index (χ3v) is 6.76. The summed E-state index contributed by atoms with van der Waals surface area (Å²) in [5.41, 5.74) is 1.29. The van der Waals surface area contributed by atoms with Crippen LogP contribution in [0.4, 0.5) is 17.6 Å². The molecule has 2 aromatic carbocycles. The second-order valence-electron chi connectivity index (χ2n) is 8.96. The Labute approximate surface area is 230 Å². The fourth-order valence-electron chi connectivity index (χ4n) is 4.85. The van der Waals surface area contributed by atoms with E-state index in [4.69, 9.17) is 28.7 Å². The molecule has 210 valence electrons. The number of anilines is 3. The highest BCUT2D eigenvalue weighted by Crippen LogP contribution is 2.40. The molecule has 4 aromatic rings. The number of carbonyl (C=O) groups is 1. The van der Waals surface area contributed by atoms with Gasteiger partial charge in [0.25, 0.3) is 0 Å². The van der Waals surface area contributed by atoms with Crippen LogP contribution in [0.25, 0.3) is 16.6 Å². The number of aromatic nitrogens is 4. The number of methoxy groups -OCH3 is 5. The van der Waals surface area contributed by atoms with E-state index in [0.717, 1.165) is 12.1 Å². The molecule has 1 saturated heterocycles. The van der Waals surface area contributed by atoms with Crippen LogP contribution >= 0.6 is 0 Å². The van der Waals surface area contributed by atoms with Crippen LogP contribution in [0, 0.1) is 0 Å². The van der Waals surface area contributed by atoms with Crippen LogP contribution < -0.4 is 33.9 Å². The van der Waals surface area contributed by atoms with Crippen molar-refractivity contribution in [1.29, 1.82) is 0 Å². The lowest BCUT2D eigenvalue weighted by atomic mass is 10.1. The van der Waals surface area contributed by atoms with Crippen molar-refractivity contribution in [3.8, 4) is 34.4 Å². The zero-order chi connectivity index (χ0) is 28.4. The summed E-state index contributed by atoms with van der Waals surface area (Å²) in [5, 5.41) is 13.6. The van der Waals surface area contributed by atoms with E-state index in [1.54, 1.807) is 81.8 Å². The number of imidazole rings is 1. The first kappa shape index (κ1) is 26.7. The number of fused-ring (bicyclic) bond motifs is 1. The van der Waals surface area contributed by atoms with Crippen molar-refractivity contribution < 1.29 is 33.6 Å². The second-order valence-corrected chi connectivity index (χ2v) is 8.96. The Morgan fingerprint density at radius 1 is 0.925 bits per heavy atom. The summed E-state index contributed by atoms with van der Waals surface area (Å²) in [7, 11) is 7.73. The molecule has 0 spiro atoms. The lowest BCUT2D eigenvalue weighted by Gasteiger charge is -2.24. The van der Waals surface area contributed by atoms with Crippen LogP contribution in [0.3, 0.4) is 0 Å². The molecule has 40 heavy (non-hydrogen) atoms. The predicted molar refractivity (Wildman–Crippen MR) is 147 cm³/mol. The average Bonchev–Trinajstić information content (AvgIpc) is 3.65. The Morgan fingerprint density at radius 2 is 1.60 bits per heavy atom. The molecule has 0 saturated carbocycles. The summed E-state index contributed by atoms with van der Waals surface area (Å²) < 4.78 is 29.1. The highest BCUT2D eigenvalue weighted by atomic mass is 16.5. The molecule has 2 N–H and O–H groups in total. The van der Waals surface area contributed by atoms with E-state index in [2.05, 4.69) is 15.3 Å². The number of hydrogen-bond acceptors (Lipinski definition) is 11. The Kier molecular flexibility index (Phi) is 7.36. The maximum absolute atomic E-state index is 12.0. The molecule has 3 heterocycles. The molecule has 2 aromatic heterocycles. The van der Waals surface area contributed by atoms with Crippen molar-refractivity contribution in [2.24, 2.45) is 0 Å². The lowest BCUT2D eigenvalue weighted by molar-refractivity contribution is -0.138. The summed E-state index contributed by atoms with van der Waals surface area (Å²) in [6, 6.07) is 6.42. The Morgan fingerprint density at radius 3 is 2.23 bits per heavy atom. The fraction of sp³-hybridized carbons (Fsp3) is 0.333. The number of ether oxygens (including phenoxy) is 5. The summed E-state index contributed by atoms with van der Waals surface area (Å²) in [6.07, 6.45) is 4.64. The van der Waals surface area contributed by atoms with Gasteiger partial charge in [-0.1, -0.05) is 0 Å². The lowest BCUT2D eigenvalue weighted by Crippen LogP contribution is -2.36. The molecule has 0 radical (unpaired) electrons. The molecular formula is C27H30N6O7. The zero-order valence-corrected chi connectivity index (χ0v) is 22.8. The van der Waals surface area contributed by atoms with Crippen molar-refractivity contribution in [3.05, 3.63) is 36.8 Å². The Hall–Kier alpha value is -4.94. The second kappa shape index (κ2) is 11.0. The molecule has 1 fully saturated rings. The van der Waals surface area contributed by atoms with Gasteiger partial charge in [0.05, 0.1) is 52.9 Å². The molecule has 0 amide bonds. The van der Waals surface area contributed by atoms with Crippen molar-refractivity contribution in [1.82, 2.24) is 19.5 Å². The molecule has 1 aliphatic heterocycles. The van der Waals surface area contributed by atoms with Crippen molar-refractivity contribution in [2.75, 3.05) is 52.3 Å². The van der Waals surface area contributed by atoms with Gasteiger partial charge in [-0.3, -0.25) is 0 Å². The van der Waals surface area contributed by atoms with Gasteiger partial charge in [-0.05, 0) is 18.9 Å². The molecule has 0 unspecified atom stereocenters. The van der Waals surface area contributed by atoms with Crippen molar-refractivity contribution >= 4 is 34.5 Å². The number of rotatable bonds is 10. The van der Waals surface area contributed by atoms with Crippen LogP contribution in [-0.4, -0.2) is 78.7 Å². The highest BCUT2D eigenvalue weighted by Gasteiger charge is 2.33. The number of aliphatic carboxylic acids is 1. The van der Waals surface area contributed by atoms with E-state index in [1.807, 2.05) is 0 Å². The minimum Gasteiger partial charge on any atom is -0.493 e. The first-order valence-electron chi connectivity index (χ1n) is 12.4. The van der Waals surface area contributed by atoms with Crippen LogP contribution in [-0.2, 0) is 4.79 Å². The minimum atomic E-state index is -0.900. The molecule has 0 aliphatic carbocycles. The zero-order valence-electron chi connectivity index (χ0n) is 22.8. The summed E-state index contributed by atoms with van der Waals surface area (Å²) in [4.78, 5) is 27.7. The van der Waals surface area contributed by atoms with Crippen molar-refractivity contribution in [2.45, 2.75) is 18.9 Å². The van der Waals surface area contributed by atoms with Crippen LogP contribution in [0.1, 0.15) is 12.8 Å². The summed E-state index contributed by atoms with van der Waals surface area (Å²) in [5.74, 6) is 2.79. The number of carboxylic acids is 1. The van der Waals surface area contributed by atoms with Gasteiger partial charge in [-0.25, -0.2) is 14.8 Å². The highest BCUT2D eigenvalue weighted by molar-refractivity contribution is 5.95. The van der Waals surface area contributed by atoms with Gasteiger partial charge in [0.2, 0.25) is 11.7 Å². The summed E-state index contributed by atoms with van der Waals surface area (Å²) >= 11 is 0. The number of carboxylic acid groups (broad SMARTS) is 1. The smallest absolute Gasteiger partial charge is 0.326 e. The minimum absolute atomic E-state index is 0.251. The normalized spacial score (nSPS) is 14.7. The third-order valence-electron chi connectivity index (χ3n) is 6.76. The average molecular weight is 551 g/mol. The monoisotopic (exact) mass is 550 g/mol. The van der Waals surface area contributed by atoms with E-state index >= 15 is 0 Å². The van der Waals surface area contributed by atoms with E-state index in [1.165, 1.54) is 0 Å². The molecular weight excluding hydrogens is 520 g/mol. The Bertz CT molecular complexity index is 1530. The van der Waals surface area contributed by atoms with Gasteiger partial charge >= 0.3 is 5.97 Å². The topological polar surface area (TPSA) is 142 Å². The quantitative estimate of drug-likeness (QED) is 0.297. The van der Waals surface area contributed by atoms with Gasteiger partial charge in [0.1, 0.15) is 18.2 Å². The molecule has 1 atom stereocenters. The fourth-order valence-corrected chi connectivity index (χ4v) is 4.85. The molecule has 13 nitrogen and oxygen atoms in total. The Balaban J connectivity index is 1.55. The van der Waals surface area contributed by atoms with Gasteiger partial charge in [-0.2, -0.15) is 4.98 Å². The van der Waals surface area contributed by atoms with Gasteiger partial charge in [0, 0.05) is 30.1 Å². The maximum atomic E-state index is 12.0. The van der Waals surface area contributed by atoms with Gasteiger partial charge in [-0.15, -0.1) is 0 Å². The maximum Gasteiger partial charge on any atom is 0.326 e. The SMILES string of the molecule is COc1cc2nc(Nc3cn(-c4cc(OC)c(OC)c(OC)c4)cn3)nc(N3CCC[C@H]3C(=O)O)c2cc1OC. The molecule has 13 heteroatoms. The van der Waals surface area contributed by atoms with Gasteiger partial charge < -0.3 is 43.6 Å².